The second-order valence-electron chi connectivity index (χ2n) is 9.29. The van der Waals surface area contributed by atoms with Crippen LogP contribution in [0.15, 0.2) is 30.4 Å². The van der Waals surface area contributed by atoms with E-state index in [1.807, 2.05) is 0 Å². The molecule has 34 heavy (non-hydrogen) atoms. The first kappa shape index (κ1) is 30.2. The molecule has 0 heterocycles. The first-order chi connectivity index (χ1) is 16.5. The van der Waals surface area contributed by atoms with Gasteiger partial charge in [0.1, 0.15) is 0 Å². The summed E-state index contributed by atoms with van der Waals surface area (Å²) in [6.45, 7) is 2.27. The lowest BCUT2D eigenvalue weighted by Crippen LogP contribution is -2.14. The van der Waals surface area contributed by atoms with Gasteiger partial charge in [0.05, 0.1) is 11.3 Å². The van der Waals surface area contributed by atoms with Crippen molar-refractivity contribution in [2.45, 2.75) is 122 Å². The fraction of sp³-hybridized carbons (Fsp3) is 0.655. The van der Waals surface area contributed by atoms with Gasteiger partial charge >= 0.3 is 5.97 Å². The lowest BCUT2D eigenvalue weighted by atomic mass is 10.1. The standard InChI is InChI=1S/C29H46ClNO3/c1-2-3-4-5-6-7-8-9-10-11-12-13-14-15-16-17-18-19-20-21-28(32)31-27-23-22-25(30)24-26(27)29(33)34/h9-10,22-24H,2-8,11-21H2,1H3,(H,31,32)(H,33,34)/b10-9-. The Labute approximate surface area is 212 Å². The molecule has 5 heteroatoms. The number of amides is 1. The molecule has 192 valence electrons. The first-order valence-corrected chi connectivity index (χ1v) is 13.9. The highest BCUT2D eigenvalue weighted by Crippen LogP contribution is 2.21. The molecule has 0 unspecified atom stereocenters. The molecule has 1 amide bonds. The van der Waals surface area contributed by atoms with E-state index in [2.05, 4.69) is 24.4 Å². The lowest BCUT2D eigenvalue weighted by Gasteiger charge is -2.09. The maximum Gasteiger partial charge on any atom is 0.337 e. The highest BCUT2D eigenvalue weighted by atomic mass is 35.5. The zero-order chi connectivity index (χ0) is 24.9. The molecule has 4 nitrogen and oxygen atoms in total. The Bertz CT molecular complexity index is 717. The molecule has 2 N–H and O–H groups in total. The average molecular weight is 492 g/mol. The van der Waals surface area contributed by atoms with Crippen molar-refractivity contribution in [3.05, 3.63) is 40.9 Å². The number of unbranched alkanes of at least 4 members (excludes halogenated alkanes) is 15. The summed E-state index contributed by atoms with van der Waals surface area (Å²) in [6, 6.07) is 4.47. The van der Waals surface area contributed by atoms with Crippen molar-refractivity contribution in [1.82, 2.24) is 0 Å². The quantitative estimate of drug-likeness (QED) is 0.133. The number of carbonyl (C=O) groups is 2. The molecular formula is C29H46ClNO3. The summed E-state index contributed by atoms with van der Waals surface area (Å²) in [5.41, 5.74) is 0.320. The molecule has 0 aromatic heterocycles. The Morgan fingerprint density at radius 1 is 0.794 bits per heavy atom. The zero-order valence-electron chi connectivity index (χ0n) is 21.3. The molecule has 0 aliphatic carbocycles. The molecule has 0 aliphatic rings. The average Bonchev–Trinajstić information content (AvgIpc) is 2.81. The molecule has 0 atom stereocenters. The third kappa shape index (κ3) is 15.9. The van der Waals surface area contributed by atoms with Crippen LogP contribution in [0, 0.1) is 0 Å². The van der Waals surface area contributed by atoms with Gasteiger partial charge in [-0.1, -0.05) is 108 Å². The minimum Gasteiger partial charge on any atom is -0.478 e. The summed E-state index contributed by atoms with van der Waals surface area (Å²) >= 11 is 5.84. The van der Waals surface area contributed by atoms with Crippen LogP contribution in [0.2, 0.25) is 5.02 Å². The van der Waals surface area contributed by atoms with Gasteiger partial charge in [-0.3, -0.25) is 4.79 Å². The Kier molecular flexibility index (Phi) is 18.3. The molecular weight excluding hydrogens is 446 g/mol. The van der Waals surface area contributed by atoms with Crippen molar-refractivity contribution < 1.29 is 14.7 Å². The normalized spacial score (nSPS) is 11.2. The monoisotopic (exact) mass is 491 g/mol. The molecule has 0 fully saturated rings. The van der Waals surface area contributed by atoms with Crippen LogP contribution in [0.5, 0.6) is 0 Å². The van der Waals surface area contributed by atoms with Crippen LogP contribution >= 0.6 is 11.6 Å². The predicted molar refractivity (Wildman–Crippen MR) is 145 cm³/mol. The molecule has 0 saturated heterocycles. The number of hydrogen-bond acceptors (Lipinski definition) is 2. The van der Waals surface area contributed by atoms with E-state index in [-0.39, 0.29) is 11.5 Å². The third-order valence-corrected chi connectivity index (χ3v) is 6.39. The number of anilines is 1. The molecule has 1 rings (SSSR count). The van der Waals surface area contributed by atoms with Crippen molar-refractivity contribution in [1.29, 1.82) is 0 Å². The van der Waals surface area contributed by atoms with Crippen LogP contribution in [-0.2, 0) is 4.79 Å². The van der Waals surface area contributed by atoms with Crippen LogP contribution in [-0.4, -0.2) is 17.0 Å². The van der Waals surface area contributed by atoms with Gasteiger partial charge < -0.3 is 10.4 Å². The number of nitrogens with one attached hydrogen (secondary N) is 1. The van der Waals surface area contributed by atoms with E-state index in [4.69, 9.17) is 11.6 Å². The van der Waals surface area contributed by atoms with Gasteiger partial charge in [-0.2, -0.15) is 0 Å². The second-order valence-corrected chi connectivity index (χ2v) is 9.73. The number of hydrogen-bond donors (Lipinski definition) is 2. The summed E-state index contributed by atoms with van der Waals surface area (Å²) in [4.78, 5) is 23.4. The minimum absolute atomic E-state index is 0.0186. The van der Waals surface area contributed by atoms with Crippen LogP contribution in [0.1, 0.15) is 133 Å². The topological polar surface area (TPSA) is 66.4 Å². The summed E-state index contributed by atoms with van der Waals surface area (Å²) < 4.78 is 0. The molecule has 1 aromatic carbocycles. The highest BCUT2D eigenvalue weighted by molar-refractivity contribution is 6.31. The Morgan fingerprint density at radius 3 is 1.82 bits per heavy atom. The number of halogens is 1. The van der Waals surface area contributed by atoms with Crippen LogP contribution in [0.3, 0.4) is 0 Å². The van der Waals surface area contributed by atoms with Crippen LogP contribution < -0.4 is 5.32 Å². The number of aromatic carboxylic acids is 1. The molecule has 1 aromatic rings. The van der Waals surface area contributed by atoms with E-state index in [0.717, 1.165) is 19.3 Å². The second kappa shape index (κ2) is 20.6. The summed E-state index contributed by atoms with van der Waals surface area (Å²) in [5.74, 6) is -1.25. The fourth-order valence-corrected chi connectivity index (χ4v) is 4.25. The van der Waals surface area contributed by atoms with Crippen molar-refractivity contribution in [3.63, 3.8) is 0 Å². The summed E-state index contributed by atoms with van der Waals surface area (Å²) in [6.07, 6.45) is 26.6. The minimum atomic E-state index is -1.10. The number of rotatable bonds is 21. The van der Waals surface area contributed by atoms with Gasteiger partial charge in [-0.05, 0) is 50.3 Å². The van der Waals surface area contributed by atoms with E-state index >= 15 is 0 Å². The molecule has 0 bridgehead atoms. The van der Waals surface area contributed by atoms with Crippen molar-refractivity contribution >= 4 is 29.2 Å². The first-order valence-electron chi connectivity index (χ1n) is 13.5. The van der Waals surface area contributed by atoms with Crippen molar-refractivity contribution in [2.24, 2.45) is 0 Å². The molecule has 0 saturated carbocycles. The van der Waals surface area contributed by atoms with Crippen molar-refractivity contribution in [2.75, 3.05) is 5.32 Å². The Balaban J connectivity index is 1.91. The third-order valence-electron chi connectivity index (χ3n) is 6.15. The van der Waals surface area contributed by atoms with E-state index in [9.17, 15) is 14.7 Å². The van der Waals surface area contributed by atoms with Gasteiger partial charge in [-0.25, -0.2) is 4.79 Å². The number of carbonyl (C=O) groups excluding carboxylic acids is 1. The fourth-order valence-electron chi connectivity index (χ4n) is 4.08. The van der Waals surface area contributed by atoms with Gasteiger partial charge in [0, 0.05) is 11.4 Å². The van der Waals surface area contributed by atoms with E-state index in [1.54, 1.807) is 6.07 Å². The number of carboxylic acid groups (broad SMARTS) is 1. The maximum atomic E-state index is 12.1. The van der Waals surface area contributed by atoms with Crippen molar-refractivity contribution in [3.8, 4) is 0 Å². The summed E-state index contributed by atoms with van der Waals surface area (Å²) in [7, 11) is 0. The predicted octanol–water partition coefficient (Wildman–Crippen LogP) is 9.57. The van der Waals surface area contributed by atoms with Gasteiger partial charge in [0.15, 0.2) is 0 Å². The maximum absolute atomic E-state index is 12.1. The summed E-state index contributed by atoms with van der Waals surface area (Å²) in [5, 5.41) is 12.3. The Hall–Kier alpha value is -1.81. The molecule has 0 radical (unpaired) electrons. The van der Waals surface area contributed by atoms with E-state index < -0.39 is 5.97 Å². The smallest absolute Gasteiger partial charge is 0.337 e. The zero-order valence-corrected chi connectivity index (χ0v) is 22.0. The highest BCUT2D eigenvalue weighted by Gasteiger charge is 2.13. The lowest BCUT2D eigenvalue weighted by molar-refractivity contribution is -0.116. The van der Waals surface area contributed by atoms with E-state index in [0.29, 0.717) is 17.1 Å². The largest absolute Gasteiger partial charge is 0.478 e. The molecule has 0 spiro atoms. The van der Waals surface area contributed by atoms with Gasteiger partial charge in [-0.15, -0.1) is 0 Å². The van der Waals surface area contributed by atoms with Crippen LogP contribution in [0.25, 0.3) is 0 Å². The SMILES string of the molecule is CCCCCCCC/C=C\CCCCCCCCCCCC(=O)Nc1ccc(Cl)cc1C(=O)O. The van der Waals surface area contributed by atoms with E-state index in [1.165, 1.54) is 102 Å². The molecule has 0 aliphatic heterocycles. The number of benzene rings is 1. The van der Waals surface area contributed by atoms with Gasteiger partial charge in [0.25, 0.3) is 0 Å². The van der Waals surface area contributed by atoms with Crippen LogP contribution in [0.4, 0.5) is 5.69 Å². The van der Waals surface area contributed by atoms with Gasteiger partial charge in [0.2, 0.25) is 5.91 Å². The number of carboxylic acids is 1. The Morgan fingerprint density at radius 2 is 1.29 bits per heavy atom. The number of allylic oxidation sites excluding steroid dienone is 2.